The maximum Gasteiger partial charge on any atom is 0.417 e. The van der Waals surface area contributed by atoms with Crippen molar-refractivity contribution in [2.45, 2.75) is 6.18 Å². The Balaban J connectivity index is 3.27. The fourth-order valence-electron chi connectivity index (χ4n) is 1.21. The molecule has 0 aromatic heterocycles. The second-order valence-electron chi connectivity index (χ2n) is 3.02. The fourth-order valence-corrected chi connectivity index (χ4v) is 1.40. The van der Waals surface area contributed by atoms with E-state index in [0.29, 0.717) is 11.6 Å². The maximum absolute atomic E-state index is 12.6. The normalized spacial score (nSPS) is 12.0. The monoisotopic (exact) mass is 292 g/mol. The van der Waals surface area contributed by atoms with Crippen molar-refractivity contribution in [2.75, 3.05) is 5.33 Å². The van der Waals surface area contributed by atoms with Crippen LogP contribution in [0.4, 0.5) is 13.2 Å². The second kappa shape index (κ2) is 5.30. The molecule has 0 saturated carbocycles. The topological polar surface area (TPSA) is 17.1 Å². The minimum atomic E-state index is -4.45. The molecular weight excluding hydrogens is 285 g/mol. The zero-order chi connectivity index (χ0) is 12.2. The zero-order valence-electron chi connectivity index (χ0n) is 8.09. The molecule has 0 aliphatic carbocycles. The molecule has 86 valence electrons. The quantitative estimate of drug-likeness (QED) is 0.609. The van der Waals surface area contributed by atoms with Gasteiger partial charge in [0.25, 0.3) is 0 Å². The molecule has 0 atom stereocenters. The fraction of sp³-hybridized carbons (Fsp3) is 0.182. The predicted molar refractivity (Wildman–Crippen MR) is 59.7 cm³/mol. The first-order valence-electron chi connectivity index (χ1n) is 4.38. The van der Waals surface area contributed by atoms with E-state index in [1.165, 1.54) is 18.2 Å². The molecule has 0 saturated heterocycles. The molecule has 0 spiro atoms. The largest absolute Gasteiger partial charge is 0.417 e. The summed E-state index contributed by atoms with van der Waals surface area (Å²) < 4.78 is 37.9. The van der Waals surface area contributed by atoms with Gasteiger partial charge in [0.15, 0.2) is 0 Å². The summed E-state index contributed by atoms with van der Waals surface area (Å²) in [5, 5.41) is 0.472. The Kier molecular flexibility index (Phi) is 4.29. The molecule has 0 aliphatic rings. The first-order chi connectivity index (χ1) is 7.49. The molecular formula is C11H8BrF3O. The first-order valence-corrected chi connectivity index (χ1v) is 5.50. The van der Waals surface area contributed by atoms with Crippen LogP contribution in [0.25, 0.3) is 6.08 Å². The Morgan fingerprint density at radius 2 is 2.00 bits per heavy atom. The van der Waals surface area contributed by atoms with Crippen molar-refractivity contribution < 1.29 is 18.0 Å². The van der Waals surface area contributed by atoms with Crippen LogP contribution in [0.15, 0.2) is 24.3 Å². The van der Waals surface area contributed by atoms with Crippen LogP contribution in [0.5, 0.6) is 0 Å². The van der Waals surface area contributed by atoms with Gasteiger partial charge in [-0.25, -0.2) is 0 Å². The predicted octanol–water partition coefficient (Wildman–Crippen LogP) is 3.93. The van der Waals surface area contributed by atoms with E-state index < -0.39 is 11.7 Å². The van der Waals surface area contributed by atoms with E-state index in [2.05, 4.69) is 15.9 Å². The molecule has 0 radical (unpaired) electrons. The van der Waals surface area contributed by atoms with Crippen molar-refractivity contribution in [3.63, 3.8) is 0 Å². The molecule has 1 nitrogen and oxygen atoms in total. The van der Waals surface area contributed by atoms with E-state index in [1.54, 1.807) is 6.08 Å². The molecule has 0 heterocycles. The SMILES string of the molecule is O=Cc1ccc(C=CCBr)c(C(F)(F)F)c1. The highest BCUT2D eigenvalue weighted by atomic mass is 79.9. The Labute approximate surface area is 99.1 Å². The number of aldehydes is 1. The lowest BCUT2D eigenvalue weighted by Gasteiger charge is -2.10. The average molecular weight is 293 g/mol. The van der Waals surface area contributed by atoms with Gasteiger partial charge in [-0.3, -0.25) is 4.79 Å². The van der Waals surface area contributed by atoms with Gasteiger partial charge in [-0.1, -0.05) is 40.2 Å². The van der Waals surface area contributed by atoms with E-state index in [9.17, 15) is 18.0 Å². The van der Waals surface area contributed by atoms with Gasteiger partial charge < -0.3 is 0 Å². The molecule has 0 bridgehead atoms. The number of carbonyl (C=O) groups excluding carboxylic acids is 1. The van der Waals surface area contributed by atoms with E-state index in [1.807, 2.05) is 0 Å². The molecule has 0 unspecified atom stereocenters. The first kappa shape index (κ1) is 13.0. The number of hydrogen-bond acceptors (Lipinski definition) is 1. The van der Waals surface area contributed by atoms with Crippen molar-refractivity contribution in [3.05, 3.63) is 41.0 Å². The summed E-state index contributed by atoms with van der Waals surface area (Å²) in [6, 6.07) is 3.49. The number of halogens is 4. The molecule has 0 aliphatic heterocycles. The minimum absolute atomic E-state index is 0.0170. The van der Waals surface area contributed by atoms with Gasteiger partial charge in [0.2, 0.25) is 0 Å². The summed E-state index contributed by atoms with van der Waals surface area (Å²) in [5.74, 6) is 0. The number of allylic oxidation sites excluding steroid dienone is 1. The molecule has 0 fully saturated rings. The summed E-state index contributed by atoms with van der Waals surface area (Å²) in [5.41, 5.74) is -0.727. The number of rotatable bonds is 3. The van der Waals surface area contributed by atoms with Gasteiger partial charge in [0.1, 0.15) is 6.29 Å². The van der Waals surface area contributed by atoms with Crippen molar-refractivity contribution in [1.29, 1.82) is 0 Å². The summed E-state index contributed by atoms with van der Waals surface area (Å²) >= 11 is 3.09. The van der Waals surface area contributed by atoms with Crippen LogP contribution in [0, 0.1) is 0 Å². The van der Waals surface area contributed by atoms with E-state index in [-0.39, 0.29) is 11.1 Å². The lowest BCUT2D eigenvalue weighted by molar-refractivity contribution is -0.137. The smallest absolute Gasteiger partial charge is 0.298 e. The van der Waals surface area contributed by atoms with Crippen molar-refractivity contribution in [2.24, 2.45) is 0 Å². The number of benzene rings is 1. The summed E-state index contributed by atoms with van der Waals surface area (Å²) in [4.78, 5) is 10.4. The summed E-state index contributed by atoms with van der Waals surface area (Å²) in [6.07, 6.45) is -1.13. The maximum atomic E-state index is 12.6. The van der Waals surface area contributed by atoms with Crippen molar-refractivity contribution in [3.8, 4) is 0 Å². The lowest BCUT2D eigenvalue weighted by Crippen LogP contribution is -2.08. The van der Waals surface area contributed by atoms with Crippen molar-refractivity contribution >= 4 is 28.3 Å². The van der Waals surface area contributed by atoms with E-state index >= 15 is 0 Å². The highest BCUT2D eigenvalue weighted by Gasteiger charge is 2.32. The molecule has 1 rings (SSSR count). The molecule has 1 aromatic rings. The van der Waals surface area contributed by atoms with Crippen LogP contribution in [-0.2, 0) is 6.18 Å². The van der Waals surface area contributed by atoms with Gasteiger partial charge >= 0.3 is 6.18 Å². The Morgan fingerprint density at radius 3 is 2.50 bits per heavy atom. The molecule has 16 heavy (non-hydrogen) atoms. The lowest BCUT2D eigenvalue weighted by atomic mass is 10.0. The van der Waals surface area contributed by atoms with Crippen LogP contribution in [0.3, 0.4) is 0 Å². The van der Waals surface area contributed by atoms with Crippen LogP contribution < -0.4 is 0 Å². The van der Waals surface area contributed by atoms with Gasteiger partial charge in [-0.05, 0) is 11.6 Å². The number of hydrogen-bond donors (Lipinski definition) is 0. The van der Waals surface area contributed by atoms with E-state index in [0.717, 1.165) is 6.07 Å². The van der Waals surface area contributed by atoms with Crippen molar-refractivity contribution in [1.82, 2.24) is 0 Å². The highest BCUT2D eigenvalue weighted by molar-refractivity contribution is 9.09. The highest BCUT2D eigenvalue weighted by Crippen LogP contribution is 2.33. The van der Waals surface area contributed by atoms with Crippen LogP contribution >= 0.6 is 15.9 Å². The minimum Gasteiger partial charge on any atom is -0.298 e. The molecule has 0 N–H and O–H groups in total. The summed E-state index contributed by atoms with van der Waals surface area (Å²) in [6.45, 7) is 0. The van der Waals surface area contributed by atoms with Gasteiger partial charge in [-0.15, -0.1) is 0 Å². The standard InChI is InChI=1S/C11H8BrF3O/c12-5-1-2-9-4-3-8(7-16)6-10(9)11(13,14)15/h1-4,6-7H,5H2. The van der Waals surface area contributed by atoms with E-state index in [4.69, 9.17) is 0 Å². The Bertz CT molecular complexity index is 410. The van der Waals surface area contributed by atoms with Crippen LogP contribution in [0.1, 0.15) is 21.5 Å². The number of carbonyl (C=O) groups is 1. The average Bonchev–Trinajstić information content (AvgIpc) is 2.25. The zero-order valence-corrected chi connectivity index (χ0v) is 9.68. The molecule has 1 aromatic carbocycles. The molecule has 5 heteroatoms. The Morgan fingerprint density at radius 1 is 1.31 bits per heavy atom. The van der Waals surface area contributed by atoms with Crippen LogP contribution in [0.2, 0.25) is 0 Å². The second-order valence-corrected chi connectivity index (χ2v) is 3.67. The van der Waals surface area contributed by atoms with Gasteiger partial charge in [0, 0.05) is 10.9 Å². The summed E-state index contributed by atoms with van der Waals surface area (Å²) in [7, 11) is 0. The third-order valence-electron chi connectivity index (χ3n) is 1.91. The Hall–Kier alpha value is -1.10. The van der Waals surface area contributed by atoms with Gasteiger partial charge in [0.05, 0.1) is 5.56 Å². The third kappa shape index (κ3) is 3.20. The van der Waals surface area contributed by atoms with Gasteiger partial charge in [-0.2, -0.15) is 13.2 Å². The number of alkyl halides is 4. The third-order valence-corrected chi connectivity index (χ3v) is 2.28. The molecule has 0 amide bonds. The van der Waals surface area contributed by atoms with Crippen LogP contribution in [-0.4, -0.2) is 11.6 Å².